The fraction of sp³-hybridized carbons (Fsp3) is 0.560. The molecule has 2 amide bonds. The lowest BCUT2D eigenvalue weighted by Crippen LogP contribution is -2.42. The molecule has 1 aromatic heterocycles. The highest BCUT2D eigenvalue weighted by atomic mass is 16.6. The highest BCUT2D eigenvalue weighted by molar-refractivity contribution is 5.92. The summed E-state index contributed by atoms with van der Waals surface area (Å²) in [5.74, 6) is 0.592. The Morgan fingerprint density at radius 2 is 1.91 bits per heavy atom. The van der Waals surface area contributed by atoms with E-state index in [1.807, 2.05) is 63.2 Å². The van der Waals surface area contributed by atoms with E-state index in [0.717, 1.165) is 42.5 Å². The second-order valence-corrected chi connectivity index (χ2v) is 9.94. The lowest BCUT2D eigenvalue weighted by molar-refractivity contribution is -0.120. The minimum absolute atomic E-state index is 0.0259. The molecule has 2 aromatic rings. The number of likely N-dealkylation sites (N-methyl/N-ethyl adjacent to an activating group) is 1. The molecular formula is C25H35N5O3. The number of H-pyrrole nitrogens is 1. The van der Waals surface area contributed by atoms with E-state index in [0.29, 0.717) is 18.9 Å². The lowest BCUT2D eigenvalue weighted by Gasteiger charge is -2.33. The molecule has 8 heteroatoms. The minimum atomic E-state index is -0.632. The quantitative estimate of drug-likeness (QED) is 0.676. The molecule has 1 atom stereocenters. The van der Waals surface area contributed by atoms with Crippen LogP contribution in [0.3, 0.4) is 0 Å². The van der Waals surface area contributed by atoms with Crippen LogP contribution in [-0.4, -0.2) is 52.6 Å². The fourth-order valence-corrected chi connectivity index (χ4v) is 4.89. The molecule has 2 heterocycles. The van der Waals surface area contributed by atoms with Crippen molar-refractivity contribution in [2.45, 2.75) is 64.1 Å². The number of anilines is 1. The molecule has 1 unspecified atom stereocenters. The van der Waals surface area contributed by atoms with E-state index < -0.39 is 5.54 Å². The average Bonchev–Trinajstić information content (AvgIpc) is 3.32. The third-order valence-corrected chi connectivity index (χ3v) is 6.85. The number of ether oxygens (including phenoxy) is 1. The summed E-state index contributed by atoms with van der Waals surface area (Å²) in [4.78, 5) is 29.8. The molecule has 1 fully saturated rings. The van der Waals surface area contributed by atoms with E-state index in [9.17, 15) is 9.59 Å². The maximum atomic E-state index is 13.3. The van der Waals surface area contributed by atoms with Crippen molar-refractivity contribution in [2.24, 2.45) is 5.92 Å². The number of fused-ring (bicyclic) bond motifs is 1. The van der Waals surface area contributed by atoms with Gasteiger partial charge in [0, 0.05) is 18.0 Å². The number of rotatable bonds is 6. The predicted molar refractivity (Wildman–Crippen MR) is 127 cm³/mol. The smallest absolute Gasteiger partial charge is 0.411 e. The Balaban J connectivity index is 1.49. The lowest BCUT2D eigenvalue weighted by atomic mass is 9.88. The minimum Gasteiger partial charge on any atom is -0.440 e. The Morgan fingerprint density at radius 3 is 2.58 bits per heavy atom. The molecule has 1 aromatic carbocycles. The number of benzene rings is 1. The number of amides is 2. The van der Waals surface area contributed by atoms with Crippen LogP contribution in [0, 0.1) is 5.92 Å². The molecule has 33 heavy (non-hydrogen) atoms. The van der Waals surface area contributed by atoms with Gasteiger partial charge in [-0.15, -0.1) is 0 Å². The van der Waals surface area contributed by atoms with Gasteiger partial charge in [0.05, 0.1) is 17.8 Å². The third kappa shape index (κ3) is 4.90. The highest BCUT2D eigenvalue weighted by Crippen LogP contribution is 2.41. The van der Waals surface area contributed by atoms with Crippen molar-refractivity contribution in [1.82, 2.24) is 20.0 Å². The van der Waals surface area contributed by atoms with Gasteiger partial charge in [0.25, 0.3) is 0 Å². The van der Waals surface area contributed by atoms with Crippen LogP contribution < -0.4 is 5.32 Å². The highest BCUT2D eigenvalue weighted by Gasteiger charge is 2.45. The summed E-state index contributed by atoms with van der Waals surface area (Å²) in [5, 5.41) is 10.4. The van der Waals surface area contributed by atoms with E-state index in [4.69, 9.17) is 4.74 Å². The van der Waals surface area contributed by atoms with E-state index in [-0.39, 0.29) is 24.0 Å². The summed E-state index contributed by atoms with van der Waals surface area (Å²) in [7, 11) is 3.92. The van der Waals surface area contributed by atoms with Crippen molar-refractivity contribution < 1.29 is 14.3 Å². The van der Waals surface area contributed by atoms with Crippen LogP contribution in [0.2, 0.25) is 0 Å². The molecule has 1 aliphatic heterocycles. The van der Waals surface area contributed by atoms with Crippen LogP contribution in [0.4, 0.5) is 10.6 Å². The van der Waals surface area contributed by atoms with Crippen LogP contribution in [-0.2, 0) is 21.6 Å². The molecule has 0 bridgehead atoms. The van der Waals surface area contributed by atoms with E-state index >= 15 is 0 Å². The van der Waals surface area contributed by atoms with Gasteiger partial charge >= 0.3 is 6.09 Å². The number of nitrogens with one attached hydrogen (secondary N) is 2. The molecule has 4 rings (SSSR count). The van der Waals surface area contributed by atoms with Crippen molar-refractivity contribution in [3.63, 3.8) is 0 Å². The zero-order chi connectivity index (χ0) is 23.6. The molecule has 2 N–H and O–H groups in total. The second-order valence-electron chi connectivity index (χ2n) is 9.94. The largest absolute Gasteiger partial charge is 0.440 e. The third-order valence-electron chi connectivity index (χ3n) is 6.85. The molecule has 1 saturated carbocycles. The van der Waals surface area contributed by atoms with Gasteiger partial charge in [-0.2, -0.15) is 5.10 Å². The number of carbonyl (C=O) groups is 2. The Morgan fingerprint density at radius 1 is 1.21 bits per heavy atom. The van der Waals surface area contributed by atoms with E-state index in [2.05, 4.69) is 15.5 Å². The SMILES string of the molecule is CN(C)CC(OC(=O)N1Cc2c(NC(=O)C3CCCCC3)n[nH]c2C1(C)C)c1ccccc1. The van der Waals surface area contributed by atoms with E-state index in [1.54, 1.807) is 4.90 Å². The Labute approximate surface area is 195 Å². The molecule has 1 aliphatic carbocycles. The summed E-state index contributed by atoms with van der Waals surface area (Å²) >= 11 is 0. The summed E-state index contributed by atoms with van der Waals surface area (Å²) < 4.78 is 6.01. The summed E-state index contributed by atoms with van der Waals surface area (Å²) in [6.45, 7) is 4.85. The molecule has 8 nitrogen and oxygen atoms in total. The molecule has 2 aliphatic rings. The van der Waals surface area contributed by atoms with Crippen LogP contribution in [0.25, 0.3) is 0 Å². The molecular weight excluding hydrogens is 418 g/mol. The first-order chi connectivity index (χ1) is 15.8. The average molecular weight is 454 g/mol. The first-order valence-electron chi connectivity index (χ1n) is 11.8. The monoisotopic (exact) mass is 453 g/mol. The van der Waals surface area contributed by atoms with Crippen molar-refractivity contribution in [2.75, 3.05) is 26.0 Å². The molecule has 0 saturated heterocycles. The van der Waals surface area contributed by atoms with Crippen molar-refractivity contribution in [3.8, 4) is 0 Å². The zero-order valence-corrected chi connectivity index (χ0v) is 20.1. The van der Waals surface area contributed by atoms with E-state index in [1.165, 1.54) is 6.42 Å². The fourth-order valence-electron chi connectivity index (χ4n) is 4.89. The normalized spacial score (nSPS) is 18.8. The van der Waals surface area contributed by atoms with Crippen molar-refractivity contribution >= 4 is 17.8 Å². The van der Waals surface area contributed by atoms with Gasteiger partial charge in [0.2, 0.25) is 5.91 Å². The van der Waals surface area contributed by atoms with Gasteiger partial charge in [-0.05, 0) is 46.3 Å². The maximum Gasteiger partial charge on any atom is 0.411 e. The summed E-state index contributed by atoms with van der Waals surface area (Å²) in [5.41, 5.74) is 2.01. The van der Waals surface area contributed by atoms with Crippen molar-refractivity contribution in [3.05, 3.63) is 47.2 Å². The van der Waals surface area contributed by atoms with Gasteiger partial charge in [0.15, 0.2) is 5.82 Å². The van der Waals surface area contributed by atoms with Gasteiger partial charge in [-0.25, -0.2) is 4.79 Å². The number of hydrogen-bond acceptors (Lipinski definition) is 5. The van der Waals surface area contributed by atoms with Gasteiger partial charge in [0.1, 0.15) is 6.10 Å². The molecule has 0 spiro atoms. The number of hydrogen-bond donors (Lipinski definition) is 2. The van der Waals surface area contributed by atoms with Crippen LogP contribution in [0.1, 0.15) is 68.9 Å². The number of aromatic nitrogens is 2. The van der Waals surface area contributed by atoms with Crippen molar-refractivity contribution in [1.29, 1.82) is 0 Å². The Kier molecular flexibility index (Phi) is 6.74. The summed E-state index contributed by atoms with van der Waals surface area (Å²) in [6.07, 6.45) is 4.48. The standard InChI is InChI=1S/C25H35N5O3/c1-25(2)21-19(22(28-27-21)26-23(31)18-13-9-6-10-14-18)15-30(25)24(32)33-20(16-29(3)4)17-11-7-5-8-12-17/h5,7-8,11-12,18,20H,6,9-10,13-16H2,1-4H3,(H2,26,27,28,31). The Bertz CT molecular complexity index is 979. The topological polar surface area (TPSA) is 90.6 Å². The first-order valence-corrected chi connectivity index (χ1v) is 11.8. The maximum absolute atomic E-state index is 13.3. The van der Waals surface area contributed by atoms with Gasteiger partial charge < -0.3 is 15.0 Å². The second kappa shape index (κ2) is 9.55. The number of carbonyl (C=O) groups excluding carboxylic acids is 2. The first kappa shape index (κ1) is 23.3. The van der Waals surface area contributed by atoms with Gasteiger partial charge in [-0.3, -0.25) is 14.8 Å². The van der Waals surface area contributed by atoms with Crippen LogP contribution in [0.5, 0.6) is 0 Å². The number of aromatic amines is 1. The van der Waals surface area contributed by atoms with Crippen LogP contribution >= 0.6 is 0 Å². The summed E-state index contributed by atoms with van der Waals surface area (Å²) in [6, 6.07) is 9.79. The zero-order valence-electron chi connectivity index (χ0n) is 20.1. The molecule has 0 radical (unpaired) electrons. The van der Waals surface area contributed by atoms with Crippen LogP contribution in [0.15, 0.2) is 30.3 Å². The molecule has 178 valence electrons. The number of nitrogens with zero attached hydrogens (tertiary/aromatic N) is 3. The predicted octanol–water partition coefficient (Wildman–Crippen LogP) is 4.42. The Hall–Kier alpha value is -2.87. The van der Waals surface area contributed by atoms with Gasteiger partial charge in [-0.1, -0.05) is 49.6 Å².